The highest BCUT2D eigenvalue weighted by Gasteiger charge is 2.12. The number of hydrogen-bond donors (Lipinski definition) is 6. The molecule has 2 amide bonds. The molecule has 0 heterocycles. The molecule has 0 saturated heterocycles. The van der Waals surface area contributed by atoms with Crippen molar-refractivity contribution >= 4 is 11.8 Å². The largest absolute Gasteiger partial charge is 0.634 e. The number of nitrogens with two attached hydrogens (primary N) is 2. The first-order valence-electron chi connectivity index (χ1n) is 17.2. The van der Waals surface area contributed by atoms with Crippen LogP contribution < -0.4 is 32.5 Å². The summed E-state index contributed by atoms with van der Waals surface area (Å²) >= 11 is 0. The number of hydroxylamine groups is 2. The van der Waals surface area contributed by atoms with E-state index in [2.05, 4.69) is 22.9 Å². The molecule has 0 aliphatic carbocycles. The maximum atomic E-state index is 12.2. The van der Waals surface area contributed by atoms with Crippen molar-refractivity contribution in [2.24, 2.45) is 11.5 Å². The second-order valence-corrected chi connectivity index (χ2v) is 11.7. The van der Waals surface area contributed by atoms with Crippen molar-refractivity contribution in [1.82, 2.24) is 16.0 Å². The molecule has 0 aromatic carbocycles. The maximum Gasteiger partial charge on any atom is 0.236 e. The van der Waals surface area contributed by atoms with E-state index in [4.69, 9.17) is 11.5 Å². The van der Waals surface area contributed by atoms with Crippen LogP contribution >= 0.6 is 0 Å². The minimum Gasteiger partial charge on any atom is -0.634 e. The first kappa shape index (κ1) is 39.7. The van der Waals surface area contributed by atoms with Crippen molar-refractivity contribution in [2.45, 2.75) is 148 Å². The van der Waals surface area contributed by atoms with Crippen molar-refractivity contribution in [1.29, 1.82) is 0 Å². The van der Waals surface area contributed by atoms with Crippen molar-refractivity contribution in [3.05, 3.63) is 5.21 Å². The Hall–Kier alpha value is -1.26. The molecule has 0 fully saturated rings. The molecule has 9 heteroatoms. The number of carbonyl (C=O) groups excluding carboxylic acids is 2. The van der Waals surface area contributed by atoms with E-state index in [9.17, 15) is 14.8 Å². The summed E-state index contributed by atoms with van der Waals surface area (Å²) in [5.74, 6) is -0.0312. The van der Waals surface area contributed by atoms with Crippen LogP contribution in [0.5, 0.6) is 0 Å². The molecule has 8 N–H and O–H groups in total. The van der Waals surface area contributed by atoms with Crippen molar-refractivity contribution < 1.29 is 14.7 Å². The number of unbranched alkanes of at least 4 members (excludes halogenated alkanes) is 14. The Morgan fingerprint density at radius 3 is 1.83 bits per heavy atom. The minimum atomic E-state index is -0.543. The third-order valence-corrected chi connectivity index (χ3v) is 7.66. The van der Waals surface area contributed by atoms with Gasteiger partial charge in [-0.25, -0.2) is 0 Å². The quantitative estimate of drug-likeness (QED) is 0.0524. The average Bonchev–Trinajstić information content (AvgIpc) is 2.96. The second kappa shape index (κ2) is 31.7. The Balaban J connectivity index is 3.47. The smallest absolute Gasteiger partial charge is 0.236 e. The van der Waals surface area contributed by atoms with Gasteiger partial charge in [0.1, 0.15) is 0 Å². The van der Waals surface area contributed by atoms with E-state index in [1.54, 1.807) is 0 Å². The molecular weight excluding hydrogens is 516 g/mol. The third kappa shape index (κ3) is 30.0. The van der Waals surface area contributed by atoms with Crippen LogP contribution in [-0.4, -0.2) is 63.7 Å². The normalized spacial score (nSPS) is 12.8. The van der Waals surface area contributed by atoms with Crippen LogP contribution in [0.4, 0.5) is 0 Å². The first-order chi connectivity index (χ1) is 20.0. The molecule has 0 aliphatic rings. The van der Waals surface area contributed by atoms with E-state index in [1.165, 1.54) is 70.6 Å². The molecule has 0 rings (SSSR count). The number of hydrogen-bond acceptors (Lipinski definition) is 6. The summed E-state index contributed by atoms with van der Waals surface area (Å²) in [6.07, 6.45) is 23.3. The minimum absolute atomic E-state index is 0.129. The summed E-state index contributed by atoms with van der Waals surface area (Å²) in [5.41, 5.74) is 11.5. The van der Waals surface area contributed by atoms with E-state index in [-0.39, 0.29) is 16.9 Å². The number of carbonyl (C=O) groups is 2. The highest BCUT2D eigenvalue weighted by atomic mass is 16.5. The SMILES string of the molecule is CCCCCCCCCCCCCCCC(=O)NCCCC[C@@H](N)C(=O)NCCC[NH+]([O-])CCCCNCCCN. The molecule has 0 saturated carbocycles. The van der Waals surface area contributed by atoms with E-state index < -0.39 is 6.04 Å². The average molecular weight is 585 g/mol. The summed E-state index contributed by atoms with van der Waals surface area (Å²) in [7, 11) is 0. The van der Waals surface area contributed by atoms with Gasteiger partial charge in [0.15, 0.2) is 0 Å². The zero-order chi connectivity index (χ0) is 30.2. The van der Waals surface area contributed by atoms with Gasteiger partial charge in [-0.05, 0) is 64.6 Å². The molecule has 0 aromatic rings. The van der Waals surface area contributed by atoms with Crippen LogP contribution in [0.2, 0.25) is 0 Å². The topological polar surface area (TPSA) is 150 Å². The molecule has 1 unspecified atom stereocenters. The van der Waals surface area contributed by atoms with Gasteiger partial charge in [0.05, 0.1) is 19.1 Å². The molecule has 0 aromatic heterocycles. The van der Waals surface area contributed by atoms with Gasteiger partial charge in [-0.15, -0.1) is 0 Å². The van der Waals surface area contributed by atoms with Crippen LogP contribution in [0.1, 0.15) is 142 Å². The second-order valence-electron chi connectivity index (χ2n) is 11.7. The Morgan fingerprint density at radius 2 is 1.20 bits per heavy atom. The highest BCUT2D eigenvalue weighted by Crippen LogP contribution is 2.13. The molecule has 2 atom stereocenters. The number of amides is 2. The molecule has 0 aliphatic heterocycles. The van der Waals surface area contributed by atoms with Gasteiger partial charge in [-0.3, -0.25) is 9.59 Å². The van der Waals surface area contributed by atoms with Crippen molar-refractivity contribution in [3.63, 3.8) is 0 Å². The number of quaternary nitrogens is 1. The van der Waals surface area contributed by atoms with Gasteiger partial charge < -0.3 is 37.7 Å². The fourth-order valence-electron chi connectivity index (χ4n) is 4.92. The maximum absolute atomic E-state index is 12.2. The van der Waals surface area contributed by atoms with Crippen LogP contribution in [0, 0.1) is 5.21 Å². The Kier molecular flexibility index (Phi) is 30.7. The molecule has 0 bridgehead atoms. The third-order valence-electron chi connectivity index (χ3n) is 7.66. The lowest BCUT2D eigenvalue weighted by molar-refractivity contribution is -0.848. The van der Waals surface area contributed by atoms with Crippen LogP contribution in [0.15, 0.2) is 0 Å². The lowest BCUT2D eigenvalue weighted by atomic mass is 10.0. The highest BCUT2D eigenvalue weighted by molar-refractivity contribution is 5.81. The lowest BCUT2D eigenvalue weighted by Gasteiger charge is -2.22. The summed E-state index contributed by atoms with van der Waals surface area (Å²) in [5, 5.41) is 21.4. The van der Waals surface area contributed by atoms with Gasteiger partial charge in [0.25, 0.3) is 0 Å². The molecule has 9 nitrogen and oxygen atoms in total. The van der Waals surface area contributed by atoms with Crippen LogP contribution in [0.25, 0.3) is 0 Å². The van der Waals surface area contributed by atoms with Crippen LogP contribution in [-0.2, 0) is 9.59 Å². The van der Waals surface area contributed by atoms with Crippen molar-refractivity contribution in [3.8, 4) is 0 Å². The number of rotatable bonds is 32. The standard InChI is InChI=1S/C32H68N6O3/c1-2-3-4-5-6-7-8-9-10-11-12-13-14-22-31(39)36-26-16-15-21-30(34)32(40)37-27-20-29-38(41)28-18-17-24-35-25-19-23-33/h30,35,38H,2-29,33-34H2,1H3,(H,36,39)(H,37,40)/t30-/m1/s1. The van der Waals surface area contributed by atoms with Crippen molar-refractivity contribution in [2.75, 3.05) is 45.8 Å². The van der Waals surface area contributed by atoms with E-state index in [0.29, 0.717) is 52.0 Å². The fraction of sp³-hybridized carbons (Fsp3) is 0.938. The Morgan fingerprint density at radius 1 is 0.659 bits per heavy atom. The fourth-order valence-corrected chi connectivity index (χ4v) is 4.92. The van der Waals surface area contributed by atoms with E-state index in [1.807, 2.05) is 0 Å². The predicted molar refractivity (Wildman–Crippen MR) is 173 cm³/mol. The van der Waals surface area contributed by atoms with Gasteiger partial charge >= 0.3 is 0 Å². The van der Waals surface area contributed by atoms with Gasteiger partial charge in [-0.1, -0.05) is 84.0 Å². The zero-order valence-corrected chi connectivity index (χ0v) is 26.8. The molecule has 41 heavy (non-hydrogen) atoms. The predicted octanol–water partition coefficient (Wildman–Crippen LogP) is 3.69. The monoisotopic (exact) mass is 585 g/mol. The first-order valence-corrected chi connectivity index (χ1v) is 17.2. The molecule has 244 valence electrons. The summed E-state index contributed by atoms with van der Waals surface area (Å²) in [6, 6.07) is -0.543. The molecule has 0 radical (unpaired) electrons. The number of nitrogens with one attached hydrogen (secondary N) is 4. The Labute approximate surface area is 252 Å². The van der Waals surface area contributed by atoms with E-state index >= 15 is 0 Å². The molecule has 0 spiro atoms. The summed E-state index contributed by atoms with van der Waals surface area (Å²) in [6.45, 7) is 7.03. The summed E-state index contributed by atoms with van der Waals surface area (Å²) < 4.78 is 0. The van der Waals surface area contributed by atoms with Gasteiger partial charge in [0.2, 0.25) is 11.8 Å². The Bertz CT molecular complexity index is 582. The lowest BCUT2D eigenvalue weighted by Crippen LogP contribution is -3.07. The van der Waals surface area contributed by atoms with Crippen LogP contribution in [0.3, 0.4) is 0 Å². The summed E-state index contributed by atoms with van der Waals surface area (Å²) in [4.78, 5) is 24.2. The van der Waals surface area contributed by atoms with E-state index in [0.717, 1.165) is 58.0 Å². The zero-order valence-electron chi connectivity index (χ0n) is 26.8. The van der Waals surface area contributed by atoms with Gasteiger partial charge in [0, 0.05) is 25.9 Å². The van der Waals surface area contributed by atoms with Gasteiger partial charge in [-0.2, -0.15) is 0 Å². The molecular formula is C32H68N6O3.